The molecule has 2 amide bonds. The average Bonchev–Trinajstić information content (AvgIpc) is 3.50. The Labute approximate surface area is 247 Å². The van der Waals surface area contributed by atoms with E-state index in [0.29, 0.717) is 34.8 Å². The number of piperidine rings is 2. The zero-order chi connectivity index (χ0) is 29.1. The number of carbonyl (C=O) groups is 2. The highest BCUT2D eigenvalue weighted by atomic mass is 16.5. The number of nitrogens with zero attached hydrogens (tertiary/aromatic N) is 5. The normalized spacial score (nSPS) is 22.2. The highest BCUT2D eigenvalue weighted by Crippen LogP contribution is 2.33. The fourth-order valence-corrected chi connectivity index (χ4v) is 6.96. The molecule has 2 aliphatic heterocycles. The molecule has 0 unspecified atom stereocenters. The van der Waals surface area contributed by atoms with Gasteiger partial charge in [-0.15, -0.1) is 0 Å². The van der Waals surface area contributed by atoms with E-state index in [2.05, 4.69) is 25.2 Å². The largest absolute Gasteiger partial charge is 0.493 e. The summed E-state index contributed by atoms with van der Waals surface area (Å²) in [6.07, 6.45) is 11.1. The molecule has 42 heavy (non-hydrogen) atoms. The molecule has 10 heteroatoms. The van der Waals surface area contributed by atoms with Crippen LogP contribution in [0.2, 0.25) is 0 Å². The van der Waals surface area contributed by atoms with Crippen molar-refractivity contribution in [3.8, 4) is 22.8 Å². The van der Waals surface area contributed by atoms with Gasteiger partial charge in [-0.05, 0) is 88.7 Å². The Balaban J connectivity index is 1.03. The van der Waals surface area contributed by atoms with Crippen molar-refractivity contribution in [2.24, 2.45) is 5.92 Å². The molecule has 3 aliphatic rings. The molecule has 224 valence electrons. The first-order chi connectivity index (χ1) is 20.5. The van der Waals surface area contributed by atoms with Gasteiger partial charge in [-0.1, -0.05) is 6.42 Å². The molecule has 0 atom stereocenters. The SMILES string of the molecule is COc1ccc(-c2ccnc3cc(C(=O)N[C@H]4CC[C@H](C(=O)N5CCC(N6CCCCC6)CC5)CC4)nn23)cc1OC. The van der Waals surface area contributed by atoms with Gasteiger partial charge in [0.1, 0.15) is 0 Å². The summed E-state index contributed by atoms with van der Waals surface area (Å²) < 4.78 is 12.5. The number of amides is 2. The van der Waals surface area contributed by atoms with E-state index in [9.17, 15) is 9.59 Å². The predicted molar refractivity (Wildman–Crippen MR) is 160 cm³/mol. The van der Waals surface area contributed by atoms with E-state index in [1.807, 2.05) is 24.3 Å². The van der Waals surface area contributed by atoms with Gasteiger partial charge in [-0.2, -0.15) is 5.10 Å². The van der Waals surface area contributed by atoms with Gasteiger partial charge in [0.15, 0.2) is 22.8 Å². The number of nitrogens with one attached hydrogen (secondary N) is 1. The van der Waals surface area contributed by atoms with Gasteiger partial charge in [-0.3, -0.25) is 9.59 Å². The van der Waals surface area contributed by atoms with Crippen LogP contribution in [-0.2, 0) is 4.79 Å². The fourth-order valence-electron chi connectivity index (χ4n) is 6.96. The second-order valence-electron chi connectivity index (χ2n) is 11.9. The first-order valence-electron chi connectivity index (χ1n) is 15.4. The lowest BCUT2D eigenvalue weighted by molar-refractivity contribution is -0.138. The van der Waals surface area contributed by atoms with E-state index in [4.69, 9.17) is 9.47 Å². The molecule has 1 aromatic carbocycles. The molecule has 3 fully saturated rings. The van der Waals surface area contributed by atoms with Crippen molar-refractivity contribution in [2.75, 3.05) is 40.4 Å². The van der Waals surface area contributed by atoms with E-state index >= 15 is 0 Å². The van der Waals surface area contributed by atoms with Crippen LogP contribution in [0.3, 0.4) is 0 Å². The van der Waals surface area contributed by atoms with Gasteiger partial charge in [0, 0.05) is 48.9 Å². The van der Waals surface area contributed by atoms with Crippen molar-refractivity contribution in [1.82, 2.24) is 29.7 Å². The van der Waals surface area contributed by atoms with Crippen LogP contribution in [0.25, 0.3) is 16.9 Å². The minimum Gasteiger partial charge on any atom is -0.493 e. The Morgan fingerprint density at radius 1 is 0.857 bits per heavy atom. The van der Waals surface area contributed by atoms with Gasteiger partial charge in [0.2, 0.25) is 5.91 Å². The van der Waals surface area contributed by atoms with Crippen molar-refractivity contribution in [1.29, 1.82) is 0 Å². The molecule has 10 nitrogen and oxygen atoms in total. The van der Waals surface area contributed by atoms with E-state index in [1.54, 1.807) is 31.0 Å². The van der Waals surface area contributed by atoms with Crippen LogP contribution in [0.4, 0.5) is 0 Å². The van der Waals surface area contributed by atoms with Crippen molar-refractivity contribution in [2.45, 2.75) is 69.9 Å². The summed E-state index contributed by atoms with van der Waals surface area (Å²) in [5, 5.41) is 7.76. The van der Waals surface area contributed by atoms with Crippen LogP contribution in [0, 0.1) is 5.92 Å². The number of methoxy groups -OCH3 is 2. The van der Waals surface area contributed by atoms with Gasteiger partial charge in [0.05, 0.1) is 19.9 Å². The lowest BCUT2D eigenvalue weighted by Crippen LogP contribution is -2.50. The summed E-state index contributed by atoms with van der Waals surface area (Å²) in [5.41, 5.74) is 2.57. The quantitative estimate of drug-likeness (QED) is 0.452. The highest BCUT2D eigenvalue weighted by molar-refractivity contribution is 5.93. The van der Waals surface area contributed by atoms with Crippen LogP contribution >= 0.6 is 0 Å². The molecule has 2 saturated heterocycles. The lowest BCUT2D eigenvalue weighted by Gasteiger charge is -2.41. The molecule has 1 N–H and O–H groups in total. The summed E-state index contributed by atoms with van der Waals surface area (Å²) in [4.78, 5) is 35.7. The van der Waals surface area contributed by atoms with E-state index in [0.717, 1.165) is 62.9 Å². The third-order valence-electron chi connectivity index (χ3n) is 9.36. The Bertz CT molecular complexity index is 1400. The van der Waals surface area contributed by atoms with E-state index in [1.165, 1.54) is 32.4 Å². The van der Waals surface area contributed by atoms with Gasteiger partial charge >= 0.3 is 0 Å². The maximum absolute atomic E-state index is 13.3. The Morgan fingerprint density at radius 3 is 2.31 bits per heavy atom. The van der Waals surface area contributed by atoms with E-state index in [-0.39, 0.29) is 17.9 Å². The Hall–Kier alpha value is -3.66. The fraction of sp³-hybridized carbons (Fsp3) is 0.562. The summed E-state index contributed by atoms with van der Waals surface area (Å²) in [7, 11) is 3.20. The molecule has 2 aromatic heterocycles. The number of rotatable bonds is 7. The minimum atomic E-state index is -0.215. The third kappa shape index (κ3) is 5.95. The lowest BCUT2D eigenvalue weighted by atomic mass is 9.84. The monoisotopic (exact) mass is 574 g/mol. The van der Waals surface area contributed by atoms with Crippen molar-refractivity contribution >= 4 is 17.5 Å². The zero-order valence-electron chi connectivity index (χ0n) is 24.8. The third-order valence-corrected chi connectivity index (χ3v) is 9.36. The summed E-state index contributed by atoms with van der Waals surface area (Å²) >= 11 is 0. The van der Waals surface area contributed by atoms with Crippen molar-refractivity contribution in [3.63, 3.8) is 0 Å². The number of carbonyl (C=O) groups excluding carboxylic acids is 2. The van der Waals surface area contributed by atoms with Gasteiger partial charge < -0.3 is 24.6 Å². The molecular formula is C32H42N6O4. The van der Waals surface area contributed by atoms with E-state index < -0.39 is 0 Å². The first kappa shape index (κ1) is 28.5. The molecular weight excluding hydrogens is 532 g/mol. The molecule has 0 bridgehead atoms. The van der Waals surface area contributed by atoms with Crippen LogP contribution < -0.4 is 14.8 Å². The van der Waals surface area contributed by atoms with Gasteiger partial charge in [0.25, 0.3) is 5.91 Å². The molecule has 4 heterocycles. The average molecular weight is 575 g/mol. The molecule has 1 saturated carbocycles. The minimum absolute atomic E-state index is 0.0366. The van der Waals surface area contributed by atoms with Crippen LogP contribution in [-0.4, -0.2) is 88.7 Å². The second-order valence-corrected chi connectivity index (χ2v) is 11.9. The molecule has 1 aliphatic carbocycles. The molecule has 3 aromatic rings. The zero-order valence-corrected chi connectivity index (χ0v) is 24.8. The van der Waals surface area contributed by atoms with Crippen molar-refractivity contribution in [3.05, 3.63) is 42.2 Å². The topological polar surface area (TPSA) is 101 Å². The smallest absolute Gasteiger partial charge is 0.272 e. The number of likely N-dealkylation sites (tertiary alicyclic amines) is 2. The number of hydrogen-bond acceptors (Lipinski definition) is 7. The Morgan fingerprint density at radius 2 is 1.60 bits per heavy atom. The Kier molecular flexibility index (Phi) is 8.60. The van der Waals surface area contributed by atoms with Crippen LogP contribution in [0.5, 0.6) is 11.5 Å². The summed E-state index contributed by atoms with van der Waals surface area (Å²) in [5.74, 6) is 1.41. The number of aromatic nitrogens is 3. The number of hydrogen-bond donors (Lipinski definition) is 1. The molecule has 6 rings (SSSR count). The maximum atomic E-state index is 13.3. The maximum Gasteiger partial charge on any atom is 0.272 e. The summed E-state index contributed by atoms with van der Waals surface area (Å²) in [6.45, 7) is 4.20. The van der Waals surface area contributed by atoms with Crippen molar-refractivity contribution < 1.29 is 19.1 Å². The predicted octanol–water partition coefficient (Wildman–Crippen LogP) is 4.18. The summed E-state index contributed by atoms with van der Waals surface area (Å²) in [6, 6.07) is 9.90. The van der Waals surface area contributed by atoms with Crippen LogP contribution in [0.1, 0.15) is 68.3 Å². The molecule has 0 spiro atoms. The first-order valence-corrected chi connectivity index (χ1v) is 15.4. The number of fused-ring (bicyclic) bond motifs is 1. The van der Waals surface area contributed by atoms with Crippen LogP contribution in [0.15, 0.2) is 36.5 Å². The van der Waals surface area contributed by atoms with Gasteiger partial charge in [-0.25, -0.2) is 9.50 Å². The number of benzene rings is 1. The standard InChI is InChI=1S/C32H42N6O4/c1-41-28-11-8-23(20-29(28)42-2)27-12-15-33-30-21-26(35-38(27)30)31(39)34-24-9-6-22(7-10-24)32(40)37-18-13-25(14-19-37)36-16-4-3-5-17-36/h8,11-12,15,20-22,24-25H,3-7,9-10,13-14,16-19H2,1-2H3,(H,34,39)/t22-,24-. The number of ether oxygens (including phenoxy) is 2. The highest BCUT2D eigenvalue weighted by Gasteiger charge is 2.33. The second kappa shape index (κ2) is 12.7. The molecule has 0 radical (unpaired) electrons.